The van der Waals surface area contributed by atoms with Crippen LogP contribution in [0.25, 0.3) is 0 Å². The Hall–Kier alpha value is -3.18. The van der Waals surface area contributed by atoms with E-state index in [1.807, 2.05) is 24.3 Å². The molecule has 0 fully saturated rings. The molecule has 1 aliphatic rings. The lowest BCUT2D eigenvalue weighted by Crippen LogP contribution is -2.21. The third-order valence-electron chi connectivity index (χ3n) is 5.11. The van der Waals surface area contributed by atoms with Crippen LogP contribution in [0, 0.1) is 11.3 Å². The van der Waals surface area contributed by atoms with Crippen molar-refractivity contribution in [1.29, 1.82) is 5.26 Å². The zero-order valence-corrected chi connectivity index (χ0v) is 20.9. The van der Waals surface area contributed by atoms with E-state index >= 15 is 0 Å². The van der Waals surface area contributed by atoms with Crippen molar-refractivity contribution in [3.8, 4) is 23.3 Å². The number of esters is 1. The van der Waals surface area contributed by atoms with Gasteiger partial charge in [0.15, 0.2) is 5.75 Å². The topological polar surface area (TPSA) is 94.6 Å². The zero-order valence-electron chi connectivity index (χ0n) is 17.8. The highest BCUT2D eigenvalue weighted by Gasteiger charge is 2.31. The molecular formula is C25H17BrCl2N2O4. The van der Waals surface area contributed by atoms with Crippen LogP contribution in [0.4, 0.5) is 0 Å². The number of allylic oxidation sites excluding steroid dienone is 1. The molecule has 172 valence electrons. The summed E-state index contributed by atoms with van der Waals surface area (Å²) in [4.78, 5) is 12.7. The van der Waals surface area contributed by atoms with Crippen molar-refractivity contribution in [2.24, 2.45) is 5.73 Å². The Balaban J connectivity index is 1.66. The Morgan fingerprint density at radius 1 is 1.18 bits per heavy atom. The monoisotopic (exact) mass is 558 g/mol. The SMILES string of the molecule is CCOc1c(Cl)cc(C(=O)Oc2ccc3c(c2)OC(N)=C(C#N)C3c2cccc(Br)c2)cc1Cl. The van der Waals surface area contributed by atoms with Crippen LogP contribution in [-0.4, -0.2) is 12.6 Å². The number of nitriles is 1. The summed E-state index contributed by atoms with van der Waals surface area (Å²) in [5, 5.41) is 10.1. The van der Waals surface area contributed by atoms with Gasteiger partial charge in [-0.2, -0.15) is 5.26 Å². The number of benzene rings is 3. The van der Waals surface area contributed by atoms with E-state index in [9.17, 15) is 10.1 Å². The number of ether oxygens (including phenoxy) is 3. The Kier molecular flexibility index (Phi) is 7.03. The van der Waals surface area contributed by atoms with E-state index in [0.717, 1.165) is 15.6 Å². The van der Waals surface area contributed by atoms with Gasteiger partial charge in [0.25, 0.3) is 0 Å². The summed E-state index contributed by atoms with van der Waals surface area (Å²) in [6, 6.07) is 17.5. The molecule has 0 radical (unpaired) electrons. The van der Waals surface area contributed by atoms with Crippen molar-refractivity contribution >= 4 is 45.1 Å². The van der Waals surface area contributed by atoms with Crippen LogP contribution in [0.15, 0.2) is 70.5 Å². The van der Waals surface area contributed by atoms with Gasteiger partial charge in [-0.1, -0.05) is 57.3 Å². The summed E-state index contributed by atoms with van der Waals surface area (Å²) in [6.45, 7) is 2.18. The largest absolute Gasteiger partial charge is 0.491 e. The van der Waals surface area contributed by atoms with Gasteiger partial charge in [0.05, 0.1) is 28.1 Å². The Morgan fingerprint density at radius 2 is 1.91 bits per heavy atom. The molecule has 1 aliphatic heterocycles. The number of fused-ring (bicyclic) bond motifs is 1. The first-order chi connectivity index (χ1) is 16.3. The first kappa shape index (κ1) is 24.0. The summed E-state index contributed by atoms with van der Waals surface area (Å²) in [5.74, 6) is -0.181. The molecule has 0 saturated heterocycles. The maximum atomic E-state index is 12.7. The summed E-state index contributed by atoms with van der Waals surface area (Å²) >= 11 is 15.9. The second-order valence-electron chi connectivity index (χ2n) is 7.27. The van der Waals surface area contributed by atoms with Crippen LogP contribution in [-0.2, 0) is 0 Å². The molecule has 0 aromatic heterocycles. The molecule has 0 amide bonds. The number of nitrogens with two attached hydrogens (primary N) is 1. The van der Waals surface area contributed by atoms with Gasteiger partial charge in [0.1, 0.15) is 23.1 Å². The first-order valence-corrected chi connectivity index (χ1v) is 11.7. The molecular weight excluding hydrogens is 543 g/mol. The lowest BCUT2D eigenvalue weighted by molar-refractivity contribution is 0.0734. The third-order valence-corrected chi connectivity index (χ3v) is 6.16. The summed E-state index contributed by atoms with van der Waals surface area (Å²) in [7, 11) is 0. The highest BCUT2D eigenvalue weighted by atomic mass is 79.9. The van der Waals surface area contributed by atoms with Crippen LogP contribution >= 0.6 is 39.1 Å². The van der Waals surface area contributed by atoms with Crippen molar-refractivity contribution < 1.29 is 19.0 Å². The van der Waals surface area contributed by atoms with Gasteiger partial charge in [0.2, 0.25) is 5.88 Å². The molecule has 0 saturated carbocycles. The van der Waals surface area contributed by atoms with Gasteiger partial charge in [-0.25, -0.2) is 4.79 Å². The molecule has 6 nitrogen and oxygen atoms in total. The average Bonchev–Trinajstić information content (AvgIpc) is 2.80. The molecule has 3 aromatic carbocycles. The maximum Gasteiger partial charge on any atom is 0.343 e. The molecule has 34 heavy (non-hydrogen) atoms. The number of nitrogens with zero attached hydrogens (tertiary/aromatic N) is 1. The van der Waals surface area contributed by atoms with Crippen molar-refractivity contribution in [1.82, 2.24) is 0 Å². The molecule has 4 rings (SSSR count). The van der Waals surface area contributed by atoms with E-state index in [0.29, 0.717) is 23.7 Å². The highest BCUT2D eigenvalue weighted by molar-refractivity contribution is 9.10. The fourth-order valence-corrected chi connectivity index (χ4v) is 4.67. The van der Waals surface area contributed by atoms with Crippen LogP contribution < -0.4 is 19.9 Å². The van der Waals surface area contributed by atoms with Crippen molar-refractivity contribution in [2.45, 2.75) is 12.8 Å². The van der Waals surface area contributed by atoms with E-state index in [1.165, 1.54) is 12.1 Å². The minimum absolute atomic E-state index is 0.00599. The highest BCUT2D eigenvalue weighted by Crippen LogP contribution is 2.44. The van der Waals surface area contributed by atoms with Gasteiger partial charge in [-0.15, -0.1) is 0 Å². The van der Waals surface area contributed by atoms with Crippen LogP contribution in [0.2, 0.25) is 10.0 Å². The van der Waals surface area contributed by atoms with Crippen LogP contribution in [0.3, 0.4) is 0 Å². The molecule has 3 aromatic rings. The Labute approximate surface area is 214 Å². The van der Waals surface area contributed by atoms with E-state index in [2.05, 4.69) is 22.0 Å². The van der Waals surface area contributed by atoms with Crippen LogP contribution in [0.1, 0.15) is 34.3 Å². The molecule has 1 atom stereocenters. The minimum Gasteiger partial charge on any atom is -0.491 e. The number of hydrogen-bond donors (Lipinski definition) is 1. The predicted octanol–water partition coefficient (Wildman–Crippen LogP) is 6.59. The predicted molar refractivity (Wildman–Crippen MR) is 132 cm³/mol. The van der Waals surface area contributed by atoms with E-state index in [-0.39, 0.29) is 27.2 Å². The van der Waals surface area contributed by atoms with Gasteiger partial charge in [0, 0.05) is 16.1 Å². The quantitative estimate of drug-likeness (QED) is 0.280. The summed E-state index contributed by atoms with van der Waals surface area (Å²) in [6.07, 6.45) is 0. The summed E-state index contributed by atoms with van der Waals surface area (Å²) in [5.41, 5.74) is 8.10. The number of halogens is 3. The Morgan fingerprint density at radius 3 is 2.56 bits per heavy atom. The fourth-order valence-electron chi connectivity index (χ4n) is 3.65. The molecule has 0 aliphatic carbocycles. The molecule has 2 N–H and O–H groups in total. The average molecular weight is 560 g/mol. The number of hydrogen-bond acceptors (Lipinski definition) is 6. The molecule has 0 bridgehead atoms. The fraction of sp³-hybridized carbons (Fsp3) is 0.120. The summed E-state index contributed by atoms with van der Waals surface area (Å²) < 4.78 is 17.5. The smallest absolute Gasteiger partial charge is 0.343 e. The minimum atomic E-state index is -0.660. The van der Waals surface area contributed by atoms with Crippen molar-refractivity contribution in [3.63, 3.8) is 0 Å². The van der Waals surface area contributed by atoms with Gasteiger partial charge >= 0.3 is 5.97 Å². The van der Waals surface area contributed by atoms with Crippen molar-refractivity contribution in [2.75, 3.05) is 6.61 Å². The van der Waals surface area contributed by atoms with E-state index < -0.39 is 11.9 Å². The van der Waals surface area contributed by atoms with Gasteiger partial charge < -0.3 is 19.9 Å². The third kappa shape index (κ3) is 4.71. The zero-order chi connectivity index (χ0) is 24.4. The standard InChI is InChI=1S/C25H17BrCl2N2O4/c1-2-32-23-19(27)9-14(10-20(23)28)25(31)33-16-6-7-17-21(11-16)34-24(30)18(12-29)22(17)13-4-3-5-15(26)8-13/h3-11,22H,2,30H2,1H3. The number of rotatable bonds is 5. The molecule has 9 heteroatoms. The van der Waals surface area contributed by atoms with Crippen LogP contribution in [0.5, 0.6) is 17.2 Å². The molecule has 1 heterocycles. The number of carbonyl (C=O) groups excluding carboxylic acids is 1. The maximum absolute atomic E-state index is 12.7. The van der Waals surface area contributed by atoms with Crippen molar-refractivity contribution in [3.05, 3.63) is 97.3 Å². The number of carbonyl (C=O) groups is 1. The second-order valence-corrected chi connectivity index (χ2v) is 9.00. The second kappa shape index (κ2) is 9.98. The first-order valence-electron chi connectivity index (χ1n) is 10.1. The lowest BCUT2D eigenvalue weighted by atomic mass is 9.83. The molecule has 0 spiro atoms. The Bertz CT molecular complexity index is 1340. The van der Waals surface area contributed by atoms with E-state index in [4.69, 9.17) is 43.1 Å². The normalized spacial score (nSPS) is 14.6. The lowest BCUT2D eigenvalue weighted by Gasteiger charge is -2.26. The van der Waals surface area contributed by atoms with Gasteiger partial charge in [-0.3, -0.25) is 0 Å². The van der Waals surface area contributed by atoms with E-state index in [1.54, 1.807) is 25.1 Å². The molecule has 1 unspecified atom stereocenters. The van der Waals surface area contributed by atoms with Gasteiger partial charge in [-0.05, 0) is 42.8 Å².